The summed E-state index contributed by atoms with van der Waals surface area (Å²) >= 11 is 0. The second kappa shape index (κ2) is 9.75. The number of hydrogen-bond donors (Lipinski definition) is 2. The minimum Gasteiger partial charge on any atom is -0.449 e. The highest BCUT2D eigenvalue weighted by Crippen LogP contribution is 2.24. The van der Waals surface area contributed by atoms with E-state index in [1.807, 2.05) is 13.8 Å². The van der Waals surface area contributed by atoms with E-state index in [1.165, 1.54) is 17.9 Å². The van der Waals surface area contributed by atoms with Crippen LogP contribution in [0, 0.1) is 5.41 Å². The van der Waals surface area contributed by atoms with E-state index in [-0.39, 0.29) is 24.5 Å². The van der Waals surface area contributed by atoms with Gasteiger partial charge in [-0.3, -0.25) is 13.9 Å². The van der Waals surface area contributed by atoms with Gasteiger partial charge in [0.2, 0.25) is 0 Å². The van der Waals surface area contributed by atoms with Crippen LogP contribution in [0.2, 0.25) is 0 Å². The third kappa shape index (κ3) is 6.09. The molecule has 162 valence electrons. The number of primary amides is 2. The minimum absolute atomic E-state index is 0.115. The Kier molecular flexibility index (Phi) is 7.98. The van der Waals surface area contributed by atoms with Crippen LogP contribution >= 0.6 is 0 Å². The average Bonchev–Trinajstić information content (AvgIpc) is 3.04. The van der Waals surface area contributed by atoms with E-state index >= 15 is 0 Å². The van der Waals surface area contributed by atoms with Crippen molar-refractivity contribution in [1.82, 2.24) is 18.7 Å². The molecule has 0 spiro atoms. The molecular formula is C17H28N6O6. The third-order valence-electron chi connectivity index (χ3n) is 4.30. The first kappa shape index (κ1) is 23.7. The molecule has 2 rings (SSSR count). The summed E-state index contributed by atoms with van der Waals surface area (Å²) in [5.74, 6) is 0. The highest BCUT2D eigenvalue weighted by Gasteiger charge is 2.27. The van der Waals surface area contributed by atoms with E-state index in [0.717, 1.165) is 17.4 Å². The molecule has 2 aromatic heterocycles. The van der Waals surface area contributed by atoms with E-state index in [9.17, 15) is 19.2 Å². The second-order valence-corrected chi connectivity index (χ2v) is 7.01. The fourth-order valence-electron chi connectivity index (χ4n) is 2.75. The van der Waals surface area contributed by atoms with Gasteiger partial charge in [-0.2, -0.15) is 0 Å². The van der Waals surface area contributed by atoms with Crippen molar-refractivity contribution in [2.45, 2.75) is 26.7 Å². The molecule has 2 heterocycles. The number of amides is 2. The molecule has 0 fully saturated rings. The minimum atomic E-state index is -0.837. The van der Waals surface area contributed by atoms with Gasteiger partial charge in [-0.05, 0) is 6.42 Å². The van der Waals surface area contributed by atoms with Crippen LogP contribution in [-0.4, -0.2) is 44.1 Å². The molecule has 0 bridgehead atoms. The van der Waals surface area contributed by atoms with Gasteiger partial charge in [0.15, 0.2) is 11.2 Å². The lowest BCUT2D eigenvalue weighted by Gasteiger charge is -2.27. The van der Waals surface area contributed by atoms with Crippen LogP contribution < -0.4 is 22.7 Å². The van der Waals surface area contributed by atoms with Crippen molar-refractivity contribution < 1.29 is 19.1 Å². The summed E-state index contributed by atoms with van der Waals surface area (Å²) in [6.45, 7) is 4.04. The molecule has 0 saturated carbocycles. The van der Waals surface area contributed by atoms with Crippen molar-refractivity contribution in [3.05, 3.63) is 27.2 Å². The highest BCUT2D eigenvalue weighted by atomic mass is 16.6. The van der Waals surface area contributed by atoms with Crippen molar-refractivity contribution in [2.75, 3.05) is 13.2 Å². The Labute approximate surface area is 167 Å². The molecule has 0 unspecified atom stereocenters. The molecule has 29 heavy (non-hydrogen) atoms. The van der Waals surface area contributed by atoms with Gasteiger partial charge in [-0.1, -0.05) is 20.3 Å². The Balaban J connectivity index is 0.000000290. The van der Waals surface area contributed by atoms with Crippen LogP contribution in [0.3, 0.4) is 0 Å². The van der Waals surface area contributed by atoms with Crippen LogP contribution in [0.25, 0.3) is 11.2 Å². The summed E-state index contributed by atoms with van der Waals surface area (Å²) in [4.78, 5) is 48.1. The van der Waals surface area contributed by atoms with E-state index < -0.39 is 17.6 Å². The van der Waals surface area contributed by atoms with Gasteiger partial charge in [0.25, 0.3) is 5.56 Å². The standard InChI is InChI=1S/C9H18N2O4.C8H10N4O2/c1-3-4-9(2,5-14-7(10)12)6-15-8(11)13;1-10-4-9-6-5(10)7(13)12(3)8(14)11(6)2/h3-6H2,1-2H3,(H2,10,12)(H2,11,13);4H,1-3H3. The molecule has 4 N–H and O–H groups in total. The zero-order valence-corrected chi connectivity index (χ0v) is 17.3. The largest absolute Gasteiger partial charge is 0.449 e. The van der Waals surface area contributed by atoms with Gasteiger partial charge in [0.05, 0.1) is 6.33 Å². The molecule has 0 radical (unpaired) electrons. The van der Waals surface area contributed by atoms with Crippen molar-refractivity contribution in [3.63, 3.8) is 0 Å². The maximum atomic E-state index is 11.7. The van der Waals surface area contributed by atoms with Crippen LogP contribution in [0.5, 0.6) is 0 Å². The van der Waals surface area contributed by atoms with Gasteiger partial charge < -0.3 is 25.5 Å². The molecule has 12 nitrogen and oxygen atoms in total. The number of carbonyl (C=O) groups excluding carboxylic acids is 2. The number of ether oxygens (including phenoxy) is 2. The molecule has 2 amide bonds. The zero-order chi connectivity index (χ0) is 22.4. The molecule has 0 aliphatic carbocycles. The first-order valence-electron chi connectivity index (χ1n) is 8.85. The first-order valence-corrected chi connectivity index (χ1v) is 8.85. The number of fused-ring (bicyclic) bond motifs is 1. The van der Waals surface area contributed by atoms with Gasteiger partial charge in [-0.15, -0.1) is 0 Å². The highest BCUT2D eigenvalue weighted by molar-refractivity contribution is 5.69. The average molecular weight is 412 g/mol. The SMILES string of the molecule is CCCC(C)(COC(N)=O)COC(N)=O.Cn1c(=O)c2c(ncn2C)n(C)c1=O. The number of aryl methyl sites for hydroxylation is 2. The van der Waals surface area contributed by atoms with E-state index in [4.69, 9.17) is 20.9 Å². The predicted molar refractivity (Wildman–Crippen MR) is 105 cm³/mol. The second-order valence-electron chi connectivity index (χ2n) is 7.01. The number of imidazole rings is 1. The van der Waals surface area contributed by atoms with Crippen LogP contribution in [0.15, 0.2) is 15.9 Å². The lowest BCUT2D eigenvalue weighted by atomic mass is 9.87. The molecule has 0 aliphatic rings. The number of rotatable bonds is 6. The summed E-state index contributed by atoms with van der Waals surface area (Å²) in [6.07, 6.45) is 1.47. The Morgan fingerprint density at radius 1 is 1.07 bits per heavy atom. The Bertz CT molecular complexity index is 971. The quantitative estimate of drug-likeness (QED) is 0.671. The molecule has 2 aromatic rings. The Morgan fingerprint density at radius 2 is 1.59 bits per heavy atom. The van der Waals surface area contributed by atoms with Gasteiger partial charge in [0.1, 0.15) is 13.2 Å². The maximum Gasteiger partial charge on any atom is 0.404 e. The third-order valence-corrected chi connectivity index (χ3v) is 4.30. The Hall–Kier alpha value is -3.31. The number of aromatic nitrogens is 4. The maximum absolute atomic E-state index is 11.7. The molecular weight excluding hydrogens is 384 g/mol. The van der Waals surface area contributed by atoms with Crippen molar-refractivity contribution >= 4 is 23.4 Å². The smallest absolute Gasteiger partial charge is 0.404 e. The van der Waals surface area contributed by atoms with Gasteiger partial charge in [-0.25, -0.2) is 19.4 Å². The lowest BCUT2D eigenvalue weighted by molar-refractivity contribution is 0.0367. The molecule has 0 atom stereocenters. The normalized spacial score (nSPS) is 10.9. The molecule has 0 aliphatic heterocycles. The van der Waals surface area contributed by atoms with Crippen molar-refractivity contribution in [1.29, 1.82) is 0 Å². The molecule has 12 heteroatoms. The number of nitrogens with two attached hydrogens (primary N) is 2. The van der Waals surface area contributed by atoms with E-state index in [0.29, 0.717) is 11.2 Å². The van der Waals surface area contributed by atoms with Crippen molar-refractivity contribution in [3.8, 4) is 0 Å². The van der Waals surface area contributed by atoms with Crippen LogP contribution in [0.4, 0.5) is 9.59 Å². The summed E-state index contributed by atoms with van der Waals surface area (Å²) in [6, 6.07) is 0. The van der Waals surface area contributed by atoms with Gasteiger partial charge >= 0.3 is 17.9 Å². The monoisotopic (exact) mass is 412 g/mol. The fourth-order valence-corrected chi connectivity index (χ4v) is 2.75. The summed E-state index contributed by atoms with van der Waals surface area (Å²) < 4.78 is 13.4. The fraction of sp³-hybridized carbons (Fsp3) is 0.588. The Morgan fingerprint density at radius 3 is 2.03 bits per heavy atom. The van der Waals surface area contributed by atoms with Crippen LogP contribution in [-0.2, 0) is 30.6 Å². The number of nitrogens with zero attached hydrogens (tertiary/aromatic N) is 4. The van der Waals surface area contributed by atoms with Crippen molar-refractivity contribution in [2.24, 2.45) is 38.0 Å². The summed E-state index contributed by atoms with van der Waals surface area (Å²) in [5, 5.41) is 0. The predicted octanol–water partition coefficient (Wildman–Crippen LogP) is -0.0459. The molecule has 0 saturated heterocycles. The van der Waals surface area contributed by atoms with E-state index in [1.54, 1.807) is 18.7 Å². The van der Waals surface area contributed by atoms with Crippen LogP contribution in [0.1, 0.15) is 26.7 Å². The zero-order valence-electron chi connectivity index (χ0n) is 17.3. The summed E-state index contributed by atoms with van der Waals surface area (Å²) in [7, 11) is 4.77. The van der Waals surface area contributed by atoms with Gasteiger partial charge in [0, 0.05) is 26.6 Å². The number of carbonyl (C=O) groups is 2. The topological polar surface area (TPSA) is 166 Å². The van der Waals surface area contributed by atoms with E-state index in [2.05, 4.69) is 4.98 Å². The molecule has 0 aromatic carbocycles. The lowest BCUT2D eigenvalue weighted by Crippen LogP contribution is -2.37. The number of hydrogen-bond acceptors (Lipinski definition) is 7. The summed E-state index contributed by atoms with van der Waals surface area (Å²) in [5.41, 5.74) is 9.46. The first-order chi connectivity index (χ1) is 13.4.